The molecule has 2 fully saturated rings. The standard InChI is InChI=1S/C18H26N4O5S.ClH/c1-28(26,27)17-13-21(15(11-19-17)12-20-8-4-5-9-20)18(23)10-14-6-2-3-7-16(14)22(24)25;/h2-3,6-7,15,17,19H,4-5,8-13H2,1H3;1H. The van der Waals surface area contributed by atoms with Gasteiger partial charge in [-0.25, -0.2) is 8.42 Å². The second-order valence-electron chi connectivity index (χ2n) is 7.50. The van der Waals surface area contributed by atoms with Gasteiger partial charge < -0.3 is 9.80 Å². The van der Waals surface area contributed by atoms with E-state index < -0.39 is 20.1 Å². The summed E-state index contributed by atoms with van der Waals surface area (Å²) in [7, 11) is -3.36. The number of rotatable bonds is 6. The van der Waals surface area contributed by atoms with Gasteiger partial charge in [0.15, 0.2) is 9.84 Å². The summed E-state index contributed by atoms with van der Waals surface area (Å²) in [5.74, 6) is -0.284. The second kappa shape index (κ2) is 9.84. The number of carbonyl (C=O) groups excluding carboxylic acids is 1. The van der Waals surface area contributed by atoms with Crippen molar-refractivity contribution in [3.05, 3.63) is 39.9 Å². The molecule has 1 N–H and O–H groups in total. The first-order chi connectivity index (χ1) is 13.3. The Hall–Kier alpha value is -1.75. The Bertz CT molecular complexity index is 844. The molecule has 1 amide bonds. The Morgan fingerprint density at radius 1 is 1.28 bits per heavy atom. The number of nitrogens with one attached hydrogen (secondary N) is 1. The molecule has 11 heteroatoms. The molecule has 9 nitrogen and oxygen atoms in total. The van der Waals surface area contributed by atoms with Crippen LogP contribution in [0, 0.1) is 10.1 Å². The predicted molar refractivity (Wildman–Crippen MR) is 112 cm³/mol. The average molecular weight is 447 g/mol. The molecule has 0 saturated carbocycles. The van der Waals surface area contributed by atoms with Gasteiger partial charge in [-0.05, 0) is 25.9 Å². The van der Waals surface area contributed by atoms with Gasteiger partial charge in [0.25, 0.3) is 5.69 Å². The quantitative estimate of drug-likeness (QED) is 0.508. The predicted octanol–water partition coefficient (Wildman–Crippen LogP) is 0.826. The van der Waals surface area contributed by atoms with Crippen LogP contribution >= 0.6 is 12.4 Å². The third-order valence-corrected chi connectivity index (χ3v) is 6.77. The van der Waals surface area contributed by atoms with Crippen LogP contribution in [0.1, 0.15) is 18.4 Å². The van der Waals surface area contributed by atoms with Gasteiger partial charge in [0, 0.05) is 31.0 Å². The fourth-order valence-corrected chi connectivity index (χ4v) is 4.72. The minimum Gasteiger partial charge on any atom is -0.334 e. The molecule has 2 unspecified atom stereocenters. The lowest BCUT2D eigenvalue weighted by molar-refractivity contribution is -0.385. The molecule has 3 rings (SSSR count). The van der Waals surface area contributed by atoms with E-state index in [0.29, 0.717) is 18.7 Å². The van der Waals surface area contributed by atoms with E-state index in [0.717, 1.165) is 32.2 Å². The summed E-state index contributed by atoms with van der Waals surface area (Å²) in [5, 5.41) is 13.5. The number of nitro groups is 1. The number of piperazine rings is 1. The van der Waals surface area contributed by atoms with Crippen molar-refractivity contribution < 1.29 is 18.1 Å². The van der Waals surface area contributed by atoms with Crippen molar-refractivity contribution >= 4 is 33.8 Å². The first kappa shape index (κ1) is 23.5. The Morgan fingerprint density at radius 3 is 2.55 bits per heavy atom. The van der Waals surface area contributed by atoms with E-state index in [1.807, 2.05) is 0 Å². The molecule has 2 aliphatic rings. The summed E-state index contributed by atoms with van der Waals surface area (Å²) in [6, 6.07) is 6.01. The molecular formula is C18H27ClN4O5S. The molecule has 2 aliphatic heterocycles. The topological polar surface area (TPSA) is 113 Å². The van der Waals surface area contributed by atoms with Gasteiger partial charge in [0.2, 0.25) is 5.91 Å². The van der Waals surface area contributed by atoms with Crippen molar-refractivity contribution in [2.75, 3.05) is 39.0 Å². The number of amides is 1. The molecule has 1 aromatic rings. The largest absolute Gasteiger partial charge is 0.334 e. The smallest absolute Gasteiger partial charge is 0.273 e. The minimum atomic E-state index is -3.36. The number of hydrogen-bond acceptors (Lipinski definition) is 7. The highest BCUT2D eigenvalue weighted by molar-refractivity contribution is 7.91. The van der Waals surface area contributed by atoms with Crippen LogP contribution in [0.25, 0.3) is 0 Å². The van der Waals surface area contributed by atoms with Crippen molar-refractivity contribution in [3.63, 3.8) is 0 Å². The Labute approximate surface area is 176 Å². The number of carbonyl (C=O) groups is 1. The second-order valence-corrected chi connectivity index (χ2v) is 9.72. The molecule has 0 aliphatic carbocycles. The highest BCUT2D eigenvalue weighted by atomic mass is 35.5. The number of nitro benzene ring substituents is 1. The van der Waals surface area contributed by atoms with Crippen LogP contribution in [0.3, 0.4) is 0 Å². The van der Waals surface area contributed by atoms with Crippen LogP contribution in [-0.4, -0.2) is 79.4 Å². The Morgan fingerprint density at radius 2 is 1.93 bits per heavy atom. The normalized spacial score (nSPS) is 22.9. The zero-order valence-corrected chi connectivity index (χ0v) is 18.0. The first-order valence-corrected chi connectivity index (χ1v) is 11.4. The molecule has 1 aromatic carbocycles. The van der Waals surface area contributed by atoms with E-state index in [1.54, 1.807) is 23.1 Å². The molecule has 0 aromatic heterocycles. The van der Waals surface area contributed by atoms with E-state index in [4.69, 9.17) is 0 Å². The van der Waals surface area contributed by atoms with E-state index >= 15 is 0 Å². The maximum absolute atomic E-state index is 13.1. The van der Waals surface area contributed by atoms with Crippen LogP contribution in [0.2, 0.25) is 0 Å². The van der Waals surface area contributed by atoms with Gasteiger partial charge in [-0.3, -0.25) is 20.2 Å². The van der Waals surface area contributed by atoms with E-state index in [1.165, 1.54) is 6.07 Å². The number of nitrogens with zero attached hydrogens (tertiary/aromatic N) is 3. The van der Waals surface area contributed by atoms with E-state index in [-0.39, 0.29) is 43.0 Å². The monoisotopic (exact) mass is 446 g/mol. The number of likely N-dealkylation sites (tertiary alicyclic amines) is 1. The number of sulfone groups is 1. The van der Waals surface area contributed by atoms with E-state index in [2.05, 4.69) is 10.2 Å². The lowest BCUT2D eigenvalue weighted by Crippen LogP contribution is -2.63. The van der Waals surface area contributed by atoms with Crippen LogP contribution < -0.4 is 5.32 Å². The molecule has 2 atom stereocenters. The summed E-state index contributed by atoms with van der Waals surface area (Å²) < 4.78 is 24.0. The summed E-state index contributed by atoms with van der Waals surface area (Å²) in [5.41, 5.74) is 0.244. The lowest BCUT2D eigenvalue weighted by Gasteiger charge is -2.41. The molecule has 0 bridgehead atoms. The Kier molecular flexibility index (Phi) is 7.98. The van der Waals surface area contributed by atoms with Crippen molar-refractivity contribution in [2.24, 2.45) is 0 Å². The fourth-order valence-electron chi connectivity index (χ4n) is 3.89. The summed E-state index contributed by atoms with van der Waals surface area (Å²) in [6.45, 7) is 3.05. The lowest BCUT2D eigenvalue weighted by atomic mass is 10.1. The fraction of sp³-hybridized carbons (Fsp3) is 0.611. The van der Waals surface area contributed by atoms with Gasteiger partial charge in [-0.15, -0.1) is 12.4 Å². The number of hydrogen-bond donors (Lipinski definition) is 1. The maximum Gasteiger partial charge on any atom is 0.273 e. The molecular weight excluding hydrogens is 420 g/mol. The zero-order chi connectivity index (χ0) is 20.3. The number of benzene rings is 1. The summed E-state index contributed by atoms with van der Waals surface area (Å²) >= 11 is 0. The Balaban J connectivity index is 0.00000300. The van der Waals surface area contributed by atoms with Gasteiger partial charge >= 0.3 is 0 Å². The molecule has 0 radical (unpaired) electrons. The molecule has 0 spiro atoms. The number of para-hydroxylation sites is 1. The van der Waals surface area contributed by atoms with Gasteiger partial charge in [-0.1, -0.05) is 18.2 Å². The van der Waals surface area contributed by atoms with Crippen molar-refractivity contribution in [1.29, 1.82) is 0 Å². The van der Waals surface area contributed by atoms with Crippen LogP contribution in [-0.2, 0) is 21.1 Å². The van der Waals surface area contributed by atoms with Crippen LogP contribution in [0.15, 0.2) is 24.3 Å². The molecule has 2 heterocycles. The minimum absolute atomic E-state index is 0. The molecule has 2 saturated heterocycles. The third kappa shape index (κ3) is 5.88. The first-order valence-electron chi connectivity index (χ1n) is 9.42. The van der Waals surface area contributed by atoms with Gasteiger partial charge in [0.1, 0.15) is 5.37 Å². The summed E-state index contributed by atoms with van der Waals surface area (Å²) in [6.07, 6.45) is 3.27. The third-order valence-electron chi connectivity index (χ3n) is 5.42. The highest BCUT2D eigenvalue weighted by Gasteiger charge is 2.37. The highest BCUT2D eigenvalue weighted by Crippen LogP contribution is 2.21. The van der Waals surface area contributed by atoms with Gasteiger partial charge in [-0.2, -0.15) is 0 Å². The van der Waals surface area contributed by atoms with Crippen molar-refractivity contribution in [3.8, 4) is 0 Å². The number of halogens is 1. The van der Waals surface area contributed by atoms with Gasteiger partial charge in [0.05, 0.1) is 23.9 Å². The molecule has 162 valence electrons. The van der Waals surface area contributed by atoms with Crippen molar-refractivity contribution in [1.82, 2.24) is 15.1 Å². The van der Waals surface area contributed by atoms with Crippen LogP contribution in [0.5, 0.6) is 0 Å². The average Bonchev–Trinajstić information content (AvgIpc) is 3.14. The van der Waals surface area contributed by atoms with Crippen molar-refractivity contribution in [2.45, 2.75) is 30.7 Å². The zero-order valence-electron chi connectivity index (χ0n) is 16.3. The summed E-state index contributed by atoms with van der Waals surface area (Å²) in [4.78, 5) is 27.7. The maximum atomic E-state index is 13.1. The molecule has 29 heavy (non-hydrogen) atoms. The SMILES string of the molecule is CS(=O)(=O)C1CN(C(=O)Cc2ccccc2[N+](=O)[O-])C(CN2CCCC2)CN1.Cl. The van der Waals surface area contributed by atoms with E-state index in [9.17, 15) is 23.3 Å². The van der Waals surface area contributed by atoms with Crippen LogP contribution in [0.4, 0.5) is 5.69 Å².